The van der Waals surface area contributed by atoms with Gasteiger partial charge in [-0.05, 0) is 55.8 Å². The minimum Gasteiger partial charge on any atom is -0.386 e. The number of thioether (sulfide) groups is 1. The molecule has 1 aliphatic heterocycles. The van der Waals surface area contributed by atoms with Crippen molar-refractivity contribution in [3.8, 4) is 0 Å². The van der Waals surface area contributed by atoms with E-state index in [1.807, 2.05) is 15.6 Å². The molecule has 1 aromatic rings. The SMILES string of the molecule is O=C(CSCC1CC1)N1CCCn2nc(C(O)C3CCC3)cc2C1. The molecule has 0 bridgehead atoms. The summed E-state index contributed by atoms with van der Waals surface area (Å²) in [5.41, 5.74) is 1.87. The Kier molecular flexibility index (Phi) is 4.86. The number of nitrogens with zero attached hydrogens (tertiary/aromatic N) is 3. The van der Waals surface area contributed by atoms with Crippen LogP contribution in [0.5, 0.6) is 0 Å². The molecular formula is C18H27N3O2S. The molecular weight excluding hydrogens is 322 g/mol. The molecule has 0 saturated heterocycles. The lowest BCUT2D eigenvalue weighted by Crippen LogP contribution is -2.32. The maximum absolute atomic E-state index is 12.5. The van der Waals surface area contributed by atoms with E-state index in [-0.39, 0.29) is 5.91 Å². The maximum Gasteiger partial charge on any atom is 0.232 e. The first-order valence-corrected chi connectivity index (χ1v) is 10.5. The normalized spacial score (nSPS) is 22.6. The molecule has 5 nitrogen and oxygen atoms in total. The van der Waals surface area contributed by atoms with Gasteiger partial charge in [0.1, 0.15) is 6.10 Å². The number of carbonyl (C=O) groups is 1. The average Bonchev–Trinajstić information content (AvgIpc) is 3.28. The first kappa shape index (κ1) is 16.5. The smallest absolute Gasteiger partial charge is 0.232 e. The van der Waals surface area contributed by atoms with Gasteiger partial charge in [0.15, 0.2) is 0 Å². The van der Waals surface area contributed by atoms with Gasteiger partial charge in [-0.15, -0.1) is 0 Å². The molecule has 4 rings (SSSR count). The number of aryl methyl sites for hydroxylation is 1. The number of hydrogen-bond donors (Lipinski definition) is 1. The Bertz CT molecular complexity index is 595. The molecule has 2 heterocycles. The van der Waals surface area contributed by atoms with Crippen molar-refractivity contribution in [3.63, 3.8) is 0 Å². The maximum atomic E-state index is 12.5. The zero-order valence-corrected chi connectivity index (χ0v) is 15.0. The second-order valence-electron chi connectivity index (χ2n) is 7.55. The van der Waals surface area contributed by atoms with E-state index in [4.69, 9.17) is 0 Å². The quantitative estimate of drug-likeness (QED) is 0.858. The number of carbonyl (C=O) groups excluding carboxylic acids is 1. The summed E-state index contributed by atoms with van der Waals surface area (Å²) < 4.78 is 2.00. The van der Waals surface area contributed by atoms with Crippen molar-refractivity contribution >= 4 is 17.7 Å². The molecule has 2 saturated carbocycles. The Morgan fingerprint density at radius 2 is 2.12 bits per heavy atom. The van der Waals surface area contributed by atoms with Crippen LogP contribution < -0.4 is 0 Å². The van der Waals surface area contributed by atoms with E-state index in [0.717, 1.165) is 55.4 Å². The monoisotopic (exact) mass is 349 g/mol. The molecule has 1 aromatic heterocycles. The van der Waals surface area contributed by atoms with Crippen LogP contribution in [0.2, 0.25) is 0 Å². The third-order valence-electron chi connectivity index (χ3n) is 5.56. The van der Waals surface area contributed by atoms with Gasteiger partial charge in [-0.3, -0.25) is 9.48 Å². The molecule has 2 fully saturated rings. The Labute approximate surface area is 147 Å². The highest BCUT2D eigenvalue weighted by molar-refractivity contribution is 7.99. The molecule has 1 N–H and O–H groups in total. The average molecular weight is 350 g/mol. The van der Waals surface area contributed by atoms with E-state index < -0.39 is 6.10 Å². The van der Waals surface area contributed by atoms with Gasteiger partial charge in [0.05, 0.1) is 23.7 Å². The van der Waals surface area contributed by atoms with Gasteiger partial charge in [0.25, 0.3) is 0 Å². The van der Waals surface area contributed by atoms with E-state index in [1.165, 1.54) is 19.3 Å². The molecule has 3 aliphatic rings. The number of amides is 1. The van der Waals surface area contributed by atoms with E-state index in [0.29, 0.717) is 18.2 Å². The Morgan fingerprint density at radius 3 is 2.83 bits per heavy atom. The number of aliphatic hydroxyl groups is 1. The number of rotatable bonds is 6. The van der Waals surface area contributed by atoms with Gasteiger partial charge in [0, 0.05) is 13.1 Å². The summed E-state index contributed by atoms with van der Waals surface area (Å²) in [6.45, 7) is 2.28. The lowest BCUT2D eigenvalue weighted by atomic mass is 9.80. The molecule has 1 atom stereocenters. The van der Waals surface area contributed by atoms with Crippen LogP contribution in [0.4, 0.5) is 0 Å². The summed E-state index contributed by atoms with van der Waals surface area (Å²) in [5.74, 6) is 3.22. The third kappa shape index (κ3) is 3.64. The van der Waals surface area contributed by atoms with Gasteiger partial charge >= 0.3 is 0 Å². The Morgan fingerprint density at radius 1 is 1.29 bits per heavy atom. The van der Waals surface area contributed by atoms with Crippen LogP contribution in [0, 0.1) is 11.8 Å². The summed E-state index contributed by atoms with van der Waals surface area (Å²) in [6, 6.07) is 2.02. The predicted octanol–water partition coefficient (Wildman–Crippen LogP) is 2.59. The zero-order valence-electron chi connectivity index (χ0n) is 14.2. The second kappa shape index (κ2) is 7.08. The molecule has 6 heteroatoms. The first-order valence-electron chi connectivity index (χ1n) is 9.31. The Balaban J connectivity index is 1.37. The molecule has 0 radical (unpaired) electrons. The van der Waals surface area contributed by atoms with E-state index >= 15 is 0 Å². The van der Waals surface area contributed by atoms with Gasteiger partial charge in [-0.2, -0.15) is 16.9 Å². The summed E-state index contributed by atoms with van der Waals surface area (Å²) >= 11 is 1.78. The van der Waals surface area contributed by atoms with Crippen molar-refractivity contribution in [3.05, 3.63) is 17.5 Å². The van der Waals surface area contributed by atoms with Crippen LogP contribution in [0.3, 0.4) is 0 Å². The molecule has 2 aliphatic carbocycles. The molecule has 0 spiro atoms. The molecule has 1 unspecified atom stereocenters. The van der Waals surface area contributed by atoms with Crippen LogP contribution >= 0.6 is 11.8 Å². The van der Waals surface area contributed by atoms with Crippen LogP contribution in [-0.2, 0) is 17.9 Å². The Hall–Kier alpha value is -1.01. The largest absolute Gasteiger partial charge is 0.386 e. The standard InChI is InChI=1S/C18H27N3O2S/c22-17(12-24-11-13-5-6-13)20-7-2-8-21-15(10-20)9-16(19-21)18(23)14-3-1-4-14/h9,13-14,18,23H,1-8,10-12H2. The third-order valence-corrected chi connectivity index (χ3v) is 6.72. The fourth-order valence-electron chi connectivity index (χ4n) is 3.53. The van der Waals surface area contributed by atoms with Crippen molar-refractivity contribution < 1.29 is 9.90 Å². The molecule has 1 amide bonds. The fraction of sp³-hybridized carbons (Fsp3) is 0.778. The van der Waals surface area contributed by atoms with Crippen LogP contribution in [0.1, 0.15) is 56.0 Å². The van der Waals surface area contributed by atoms with Crippen LogP contribution in [0.15, 0.2) is 6.07 Å². The van der Waals surface area contributed by atoms with Crippen molar-refractivity contribution in [2.75, 3.05) is 18.1 Å². The summed E-state index contributed by atoms with van der Waals surface area (Å²) in [5, 5.41) is 15.1. The van der Waals surface area contributed by atoms with Gasteiger partial charge < -0.3 is 10.0 Å². The summed E-state index contributed by atoms with van der Waals surface area (Å²) in [7, 11) is 0. The topological polar surface area (TPSA) is 58.4 Å². The number of aliphatic hydroxyl groups excluding tert-OH is 1. The summed E-state index contributed by atoms with van der Waals surface area (Å²) in [4.78, 5) is 14.5. The van der Waals surface area contributed by atoms with Gasteiger partial charge in [0.2, 0.25) is 5.91 Å². The van der Waals surface area contributed by atoms with Crippen molar-refractivity contribution in [2.24, 2.45) is 11.8 Å². The number of aromatic nitrogens is 2. The minimum atomic E-state index is -0.434. The molecule has 0 aromatic carbocycles. The van der Waals surface area contributed by atoms with Crippen molar-refractivity contribution in [1.29, 1.82) is 0 Å². The number of hydrogen-bond acceptors (Lipinski definition) is 4. The van der Waals surface area contributed by atoms with Crippen molar-refractivity contribution in [2.45, 2.75) is 57.7 Å². The molecule has 24 heavy (non-hydrogen) atoms. The fourth-order valence-corrected chi connectivity index (χ4v) is 4.67. The molecule has 132 valence electrons. The highest BCUT2D eigenvalue weighted by Crippen LogP contribution is 2.37. The van der Waals surface area contributed by atoms with E-state index in [9.17, 15) is 9.90 Å². The highest BCUT2D eigenvalue weighted by Gasteiger charge is 2.30. The lowest BCUT2D eigenvalue weighted by molar-refractivity contribution is -0.128. The predicted molar refractivity (Wildman–Crippen MR) is 94.6 cm³/mol. The zero-order chi connectivity index (χ0) is 16.5. The first-order chi connectivity index (χ1) is 11.7. The number of fused-ring (bicyclic) bond motifs is 1. The van der Waals surface area contributed by atoms with Crippen molar-refractivity contribution in [1.82, 2.24) is 14.7 Å². The van der Waals surface area contributed by atoms with Crippen LogP contribution in [-0.4, -0.2) is 43.7 Å². The minimum absolute atomic E-state index is 0.247. The van der Waals surface area contributed by atoms with Gasteiger partial charge in [-0.25, -0.2) is 0 Å². The van der Waals surface area contributed by atoms with E-state index in [2.05, 4.69) is 5.10 Å². The second-order valence-corrected chi connectivity index (χ2v) is 8.58. The summed E-state index contributed by atoms with van der Waals surface area (Å²) in [6.07, 6.45) is 6.62. The van der Waals surface area contributed by atoms with Crippen LogP contribution in [0.25, 0.3) is 0 Å². The highest BCUT2D eigenvalue weighted by atomic mass is 32.2. The van der Waals surface area contributed by atoms with Gasteiger partial charge in [-0.1, -0.05) is 6.42 Å². The lowest BCUT2D eigenvalue weighted by Gasteiger charge is -2.29. The van der Waals surface area contributed by atoms with E-state index in [1.54, 1.807) is 11.8 Å².